The van der Waals surface area contributed by atoms with Gasteiger partial charge >= 0.3 is 0 Å². The van der Waals surface area contributed by atoms with Crippen LogP contribution in [0.2, 0.25) is 0 Å². The maximum absolute atomic E-state index is 13.2. The maximum Gasteiger partial charge on any atom is 0.257 e. The molecule has 3 N–H and O–H groups in total. The van der Waals surface area contributed by atoms with E-state index in [-0.39, 0.29) is 5.91 Å². The number of rotatable bonds is 6. The Labute approximate surface area is 177 Å². The Morgan fingerprint density at radius 1 is 1.13 bits per heavy atom. The van der Waals surface area contributed by atoms with Gasteiger partial charge in [-0.1, -0.05) is 31.5 Å². The number of nitrogens with zero attached hydrogens (tertiary/aromatic N) is 1. The number of thiophene rings is 1. The van der Waals surface area contributed by atoms with Crippen molar-refractivity contribution in [3.8, 4) is 11.5 Å². The zero-order valence-corrected chi connectivity index (χ0v) is 17.5. The van der Waals surface area contributed by atoms with Crippen molar-refractivity contribution < 1.29 is 14.0 Å². The number of fused-ring (bicyclic) bond motifs is 1. The van der Waals surface area contributed by atoms with E-state index in [0.29, 0.717) is 38.5 Å². The summed E-state index contributed by atoms with van der Waals surface area (Å²) in [5.74, 6) is 0.464. The quantitative estimate of drug-likeness (QED) is 0.450. The van der Waals surface area contributed by atoms with Crippen LogP contribution < -0.4 is 11.1 Å². The standard InChI is InChI=1S/C23H21N3O3S/c1-3-6-14-11-17(21(24)27)23(30-14)26-22(28)16-12-19(20-10-9-13(2)29-20)25-18-8-5-4-7-15(16)18/h4-5,7-12H,3,6H2,1-2H3,(H2,24,27)(H,26,28). The number of anilines is 1. The fourth-order valence-corrected chi connectivity index (χ4v) is 4.48. The number of para-hydroxylation sites is 1. The van der Waals surface area contributed by atoms with Gasteiger partial charge in [-0.15, -0.1) is 11.3 Å². The number of hydrogen-bond donors (Lipinski definition) is 2. The number of pyridine rings is 1. The van der Waals surface area contributed by atoms with Gasteiger partial charge in [0, 0.05) is 10.3 Å². The van der Waals surface area contributed by atoms with E-state index in [1.165, 1.54) is 11.3 Å². The fourth-order valence-electron chi connectivity index (χ4n) is 3.32. The van der Waals surface area contributed by atoms with E-state index >= 15 is 0 Å². The van der Waals surface area contributed by atoms with Gasteiger partial charge in [0.15, 0.2) is 5.76 Å². The lowest BCUT2D eigenvalue weighted by atomic mass is 10.1. The van der Waals surface area contributed by atoms with Crippen molar-refractivity contribution in [2.24, 2.45) is 5.73 Å². The van der Waals surface area contributed by atoms with Crippen molar-refractivity contribution in [1.29, 1.82) is 0 Å². The van der Waals surface area contributed by atoms with E-state index in [0.717, 1.165) is 23.5 Å². The molecule has 4 aromatic rings. The first-order valence-corrected chi connectivity index (χ1v) is 10.5. The molecule has 1 aromatic carbocycles. The number of aromatic nitrogens is 1. The second-order valence-electron chi connectivity index (χ2n) is 7.01. The second-order valence-corrected chi connectivity index (χ2v) is 8.14. The first-order valence-electron chi connectivity index (χ1n) is 9.66. The minimum Gasteiger partial charge on any atom is -0.460 e. The molecular formula is C23H21N3O3S. The predicted molar refractivity (Wildman–Crippen MR) is 119 cm³/mol. The van der Waals surface area contributed by atoms with Gasteiger partial charge in [0.2, 0.25) is 0 Å². The number of amides is 2. The third-order valence-electron chi connectivity index (χ3n) is 4.73. The van der Waals surface area contributed by atoms with Crippen LogP contribution in [-0.2, 0) is 6.42 Å². The number of nitrogens with two attached hydrogens (primary N) is 1. The van der Waals surface area contributed by atoms with Crippen LogP contribution in [0.5, 0.6) is 0 Å². The normalized spacial score (nSPS) is 11.0. The number of carbonyl (C=O) groups excluding carboxylic acids is 2. The molecule has 0 aliphatic heterocycles. The van der Waals surface area contributed by atoms with E-state index in [1.54, 1.807) is 12.1 Å². The lowest BCUT2D eigenvalue weighted by Gasteiger charge is -2.09. The number of furan rings is 1. The average Bonchev–Trinajstić information content (AvgIpc) is 3.33. The number of benzene rings is 1. The molecule has 4 rings (SSSR count). The van der Waals surface area contributed by atoms with E-state index in [1.807, 2.05) is 43.3 Å². The zero-order valence-electron chi connectivity index (χ0n) is 16.7. The van der Waals surface area contributed by atoms with E-state index in [4.69, 9.17) is 10.2 Å². The van der Waals surface area contributed by atoms with Gasteiger partial charge in [-0.05, 0) is 43.7 Å². The molecule has 0 unspecified atom stereocenters. The second kappa shape index (κ2) is 8.12. The highest BCUT2D eigenvalue weighted by Gasteiger charge is 2.20. The van der Waals surface area contributed by atoms with E-state index < -0.39 is 5.91 Å². The van der Waals surface area contributed by atoms with Crippen molar-refractivity contribution in [3.05, 3.63) is 70.3 Å². The SMILES string of the molecule is CCCc1cc(C(N)=O)c(NC(=O)c2cc(-c3ccc(C)o3)nc3ccccc23)s1. The molecule has 30 heavy (non-hydrogen) atoms. The maximum atomic E-state index is 13.2. The Morgan fingerprint density at radius 2 is 1.93 bits per heavy atom. The van der Waals surface area contributed by atoms with E-state index in [9.17, 15) is 9.59 Å². The van der Waals surface area contributed by atoms with Gasteiger partial charge in [-0.2, -0.15) is 0 Å². The highest BCUT2D eigenvalue weighted by Crippen LogP contribution is 2.31. The first kappa shape index (κ1) is 19.8. The van der Waals surface area contributed by atoms with Crippen LogP contribution in [0.1, 0.15) is 44.7 Å². The van der Waals surface area contributed by atoms with Gasteiger partial charge in [0.1, 0.15) is 16.5 Å². The molecule has 0 fully saturated rings. The number of carbonyl (C=O) groups is 2. The largest absolute Gasteiger partial charge is 0.460 e. The van der Waals surface area contributed by atoms with Gasteiger partial charge in [-0.3, -0.25) is 9.59 Å². The molecule has 6 nitrogen and oxygen atoms in total. The molecular weight excluding hydrogens is 398 g/mol. The van der Waals surface area contributed by atoms with Crippen LogP contribution >= 0.6 is 11.3 Å². The summed E-state index contributed by atoms with van der Waals surface area (Å²) in [6.07, 6.45) is 1.76. The highest BCUT2D eigenvalue weighted by molar-refractivity contribution is 7.16. The summed E-state index contributed by atoms with van der Waals surface area (Å²) in [5, 5.41) is 4.06. The minimum atomic E-state index is -0.560. The number of primary amides is 1. The lowest BCUT2D eigenvalue weighted by Crippen LogP contribution is -2.17. The van der Waals surface area contributed by atoms with Crippen molar-refractivity contribution in [3.63, 3.8) is 0 Å². The lowest BCUT2D eigenvalue weighted by molar-refractivity contribution is 0.100. The summed E-state index contributed by atoms with van der Waals surface area (Å²) < 4.78 is 5.70. The fraction of sp³-hybridized carbons (Fsp3) is 0.174. The van der Waals surface area contributed by atoms with Gasteiger partial charge in [-0.25, -0.2) is 4.98 Å². The summed E-state index contributed by atoms with van der Waals surface area (Å²) in [4.78, 5) is 30.8. The molecule has 0 aliphatic carbocycles. The van der Waals surface area contributed by atoms with Crippen LogP contribution in [0.3, 0.4) is 0 Å². The molecule has 0 radical (unpaired) electrons. The number of nitrogens with one attached hydrogen (secondary N) is 1. The van der Waals surface area contributed by atoms with Crippen LogP contribution in [0.25, 0.3) is 22.4 Å². The number of aryl methyl sites for hydroxylation is 2. The summed E-state index contributed by atoms with van der Waals surface area (Å²) in [6, 6.07) is 14.6. The Bertz CT molecular complexity index is 1260. The van der Waals surface area contributed by atoms with Crippen LogP contribution in [0.4, 0.5) is 5.00 Å². The van der Waals surface area contributed by atoms with Crippen molar-refractivity contribution in [2.75, 3.05) is 5.32 Å². The Balaban J connectivity index is 1.77. The number of hydrogen-bond acceptors (Lipinski definition) is 5. The molecule has 7 heteroatoms. The Hall–Kier alpha value is -3.45. The molecule has 2 amide bonds. The van der Waals surface area contributed by atoms with Crippen molar-refractivity contribution >= 4 is 39.1 Å². The summed E-state index contributed by atoms with van der Waals surface area (Å²) in [5.41, 5.74) is 7.56. The molecule has 0 aliphatic rings. The van der Waals surface area contributed by atoms with Crippen molar-refractivity contribution in [1.82, 2.24) is 4.98 Å². The Morgan fingerprint density at radius 3 is 2.63 bits per heavy atom. The van der Waals surface area contributed by atoms with Crippen LogP contribution in [0.15, 0.2) is 52.9 Å². The monoisotopic (exact) mass is 419 g/mol. The molecule has 0 bridgehead atoms. The van der Waals surface area contributed by atoms with Crippen molar-refractivity contribution in [2.45, 2.75) is 26.7 Å². The van der Waals surface area contributed by atoms with Gasteiger partial charge in [0.25, 0.3) is 11.8 Å². The minimum absolute atomic E-state index is 0.328. The van der Waals surface area contributed by atoms with Crippen LogP contribution in [0, 0.1) is 6.92 Å². The molecule has 152 valence electrons. The highest BCUT2D eigenvalue weighted by atomic mass is 32.1. The Kier molecular flexibility index (Phi) is 5.37. The van der Waals surface area contributed by atoms with Gasteiger partial charge in [0.05, 0.1) is 16.6 Å². The van der Waals surface area contributed by atoms with Crippen LogP contribution in [-0.4, -0.2) is 16.8 Å². The van der Waals surface area contributed by atoms with Gasteiger partial charge < -0.3 is 15.5 Å². The molecule has 3 heterocycles. The smallest absolute Gasteiger partial charge is 0.257 e. The summed E-state index contributed by atoms with van der Waals surface area (Å²) in [6.45, 7) is 3.91. The topological polar surface area (TPSA) is 98.2 Å². The molecule has 0 atom stereocenters. The predicted octanol–water partition coefficient (Wildman–Crippen LogP) is 5.17. The zero-order chi connectivity index (χ0) is 21.3. The van der Waals surface area contributed by atoms with E-state index in [2.05, 4.69) is 17.2 Å². The third kappa shape index (κ3) is 3.84. The molecule has 0 saturated carbocycles. The molecule has 3 aromatic heterocycles. The molecule has 0 saturated heterocycles. The molecule has 0 spiro atoms. The third-order valence-corrected chi connectivity index (χ3v) is 5.84. The average molecular weight is 420 g/mol. The first-order chi connectivity index (χ1) is 14.5. The summed E-state index contributed by atoms with van der Waals surface area (Å²) >= 11 is 1.38. The summed E-state index contributed by atoms with van der Waals surface area (Å²) in [7, 11) is 0.